The Morgan fingerprint density at radius 3 is 2.37 bits per heavy atom. The summed E-state index contributed by atoms with van der Waals surface area (Å²) in [6.45, 7) is 8.49. The van der Waals surface area contributed by atoms with Gasteiger partial charge in [-0.25, -0.2) is 9.59 Å². The fourth-order valence-electron chi connectivity index (χ4n) is 2.59. The minimum atomic E-state index is -0.604. The number of carbonyl (C=O) groups is 2. The lowest BCUT2D eigenvalue weighted by Crippen LogP contribution is -2.30. The Hall–Kier alpha value is -3.10. The molecule has 0 saturated heterocycles. The maximum Gasteiger partial charge on any atom is 0.412 e. The Morgan fingerprint density at radius 2 is 1.67 bits per heavy atom. The number of phenolic OH excluding ortho intramolecular Hbond substituents is 1. The summed E-state index contributed by atoms with van der Waals surface area (Å²) < 4.78 is 20.9. The molecule has 0 spiro atoms. The number of phenols is 1. The average molecular weight is 417 g/mol. The van der Waals surface area contributed by atoms with Gasteiger partial charge in [-0.1, -0.05) is 30.8 Å². The lowest BCUT2D eigenvalue weighted by molar-refractivity contribution is -0.140. The number of fused-ring (bicyclic) bond motifs is 1. The van der Waals surface area contributed by atoms with E-state index in [1.807, 2.05) is 6.07 Å². The molecular formula is C22H27NO7. The summed E-state index contributed by atoms with van der Waals surface area (Å²) in [6, 6.07) is 8.72. The number of carbonyl (C=O) groups excluding carboxylic acids is 2. The van der Waals surface area contributed by atoms with Crippen molar-refractivity contribution in [2.45, 2.75) is 13.8 Å². The molecule has 2 aromatic carbocycles. The van der Waals surface area contributed by atoms with Gasteiger partial charge in [-0.05, 0) is 25.5 Å². The molecule has 0 unspecified atom stereocenters. The van der Waals surface area contributed by atoms with Crippen molar-refractivity contribution < 1.29 is 33.6 Å². The molecule has 162 valence electrons. The topological polar surface area (TPSA) is 103 Å². The maximum absolute atomic E-state index is 12.1. The van der Waals surface area contributed by atoms with Gasteiger partial charge in [-0.3, -0.25) is 0 Å². The molecule has 8 nitrogen and oxygen atoms in total. The fraction of sp³-hybridized carbons (Fsp3) is 0.364. The number of hydrogen-bond donors (Lipinski definition) is 2. The van der Waals surface area contributed by atoms with Gasteiger partial charge in [0.15, 0.2) is 0 Å². The van der Waals surface area contributed by atoms with Crippen LogP contribution in [0.15, 0.2) is 42.5 Å². The Labute approximate surface area is 175 Å². The van der Waals surface area contributed by atoms with Crippen LogP contribution in [0, 0.1) is 6.92 Å². The zero-order chi connectivity index (χ0) is 21.9. The van der Waals surface area contributed by atoms with Crippen molar-refractivity contribution in [3.05, 3.63) is 48.0 Å². The van der Waals surface area contributed by atoms with Crippen LogP contribution >= 0.6 is 0 Å². The molecule has 0 saturated carbocycles. The lowest BCUT2D eigenvalue weighted by Gasteiger charge is -2.13. The molecule has 0 atom stereocenters. The normalized spacial score (nSPS) is 10.6. The third-order valence-corrected chi connectivity index (χ3v) is 4.05. The number of hydrogen-bond acceptors (Lipinski definition) is 7. The zero-order valence-electron chi connectivity index (χ0n) is 17.2. The first kappa shape index (κ1) is 23.2. The van der Waals surface area contributed by atoms with Gasteiger partial charge in [0.05, 0.1) is 26.4 Å². The molecule has 2 rings (SSSR count). The Bertz CT molecular complexity index is 894. The largest absolute Gasteiger partial charge is 0.507 e. The van der Waals surface area contributed by atoms with E-state index in [-0.39, 0.29) is 25.5 Å². The second-order valence-electron chi connectivity index (χ2n) is 6.54. The molecule has 0 aliphatic rings. The molecule has 8 heteroatoms. The van der Waals surface area contributed by atoms with Gasteiger partial charge in [0.2, 0.25) is 0 Å². The predicted molar refractivity (Wildman–Crippen MR) is 112 cm³/mol. The first-order valence-corrected chi connectivity index (χ1v) is 9.55. The van der Waals surface area contributed by atoms with Crippen molar-refractivity contribution in [1.29, 1.82) is 0 Å². The van der Waals surface area contributed by atoms with E-state index in [1.54, 1.807) is 38.1 Å². The van der Waals surface area contributed by atoms with Crippen LogP contribution in [-0.4, -0.2) is 56.7 Å². The number of nitrogens with one attached hydrogen (secondary N) is 1. The fourth-order valence-corrected chi connectivity index (χ4v) is 2.59. The van der Waals surface area contributed by atoms with Crippen LogP contribution in [0.4, 0.5) is 4.79 Å². The Morgan fingerprint density at radius 1 is 1.03 bits per heavy atom. The number of rotatable bonds is 11. The van der Waals surface area contributed by atoms with Crippen molar-refractivity contribution in [3.8, 4) is 11.5 Å². The minimum absolute atomic E-state index is 0.139. The van der Waals surface area contributed by atoms with E-state index in [2.05, 4.69) is 11.9 Å². The number of aryl methyl sites for hydroxylation is 1. The number of amides is 1. The summed E-state index contributed by atoms with van der Waals surface area (Å²) in [5.41, 5.74) is 1.00. The van der Waals surface area contributed by atoms with Crippen LogP contribution in [0.25, 0.3) is 10.8 Å². The molecule has 0 fully saturated rings. The summed E-state index contributed by atoms with van der Waals surface area (Å²) in [4.78, 5) is 23.2. The van der Waals surface area contributed by atoms with E-state index in [0.717, 1.165) is 0 Å². The molecule has 0 bridgehead atoms. The lowest BCUT2D eigenvalue weighted by atomic mass is 10.1. The standard InChI is InChI=1S/C22H27NO7/c1-15(2)21(25)29-13-12-28-11-10-27-9-8-23-22(26)30-20-16(3)14-19(24)17-6-4-5-7-18(17)20/h4-7,14,24H,1,8-13H2,2-3H3,(H,23,26). The molecule has 0 radical (unpaired) electrons. The van der Waals surface area contributed by atoms with Crippen LogP contribution < -0.4 is 10.1 Å². The smallest absolute Gasteiger partial charge is 0.412 e. The Kier molecular flexibility index (Phi) is 9.11. The third kappa shape index (κ3) is 7.06. The van der Waals surface area contributed by atoms with Gasteiger partial charge in [-0.15, -0.1) is 0 Å². The highest BCUT2D eigenvalue weighted by molar-refractivity contribution is 5.95. The quantitative estimate of drug-likeness (QED) is 0.329. The second-order valence-corrected chi connectivity index (χ2v) is 6.54. The molecular weight excluding hydrogens is 390 g/mol. The maximum atomic E-state index is 12.1. The van der Waals surface area contributed by atoms with Crippen molar-refractivity contribution in [2.24, 2.45) is 0 Å². The number of ether oxygens (including phenoxy) is 4. The van der Waals surface area contributed by atoms with Gasteiger partial charge in [0.25, 0.3) is 0 Å². The highest BCUT2D eigenvalue weighted by atomic mass is 16.6. The molecule has 2 N–H and O–H groups in total. The summed E-state index contributed by atoms with van der Waals surface area (Å²) in [5, 5.41) is 13.9. The number of aromatic hydroxyl groups is 1. The van der Waals surface area contributed by atoms with E-state index in [4.69, 9.17) is 18.9 Å². The molecule has 0 aliphatic heterocycles. The van der Waals surface area contributed by atoms with Gasteiger partial charge in [-0.2, -0.15) is 0 Å². The van der Waals surface area contributed by atoms with Crippen LogP contribution in [0.5, 0.6) is 11.5 Å². The van der Waals surface area contributed by atoms with Crippen molar-refractivity contribution in [2.75, 3.05) is 39.6 Å². The molecule has 0 heterocycles. The SMILES string of the molecule is C=C(C)C(=O)OCCOCCOCCNC(=O)Oc1c(C)cc(O)c2ccccc12. The van der Waals surface area contributed by atoms with Crippen LogP contribution in [0.3, 0.4) is 0 Å². The third-order valence-electron chi connectivity index (χ3n) is 4.05. The van der Waals surface area contributed by atoms with Crippen LogP contribution in [-0.2, 0) is 19.0 Å². The van der Waals surface area contributed by atoms with Crippen LogP contribution in [0.2, 0.25) is 0 Å². The number of esters is 1. The zero-order valence-corrected chi connectivity index (χ0v) is 17.2. The van der Waals surface area contributed by atoms with E-state index < -0.39 is 12.1 Å². The predicted octanol–water partition coefficient (Wildman–Crippen LogP) is 3.09. The molecule has 0 aromatic heterocycles. The van der Waals surface area contributed by atoms with E-state index in [9.17, 15) is 14.7 Å². The van der Waals surface area contributed by atoms with Gasteiger partial charge in [0.1, 0.15) is 18.1 Å². The molecule has 30 heavy (non-hydrogen) atoms. The molecule has 1 amide bonds. The van der Waals surface area contributed by atoms with Crippen molar-refractivity contribution in [3.63, 3.8) is 0 Å². The monoisotopic (exact) mass is 417 g/mol. The highest BCUT2D eigenvalue weighted by Gasteiger charge is 2.13. The highest BCUT2D eigenvalue weighted by Crippen LogP contribution is 2.35. The van der Waals surface area contributed by atoms with Crippen molar-refractivity contribution in [1.82, 2.24) is 5.32 Å². The van der Waals surface area contributed by atoms with Gasteiger partial charge < -0.3 is 29.4 Å². The summed E-state index contributed by atoms with van der Waals surface area (Å²) >= 11 is 0. The summed E-state index contributed by atoms with van der Waals surface area (Å²) in [7, 11) is 0. The summed E-state index contributed by atoms with van der Waals surface area (Å²) in [5.74, 6) is 0.103. The van der Waals surface area contributed by atoms with Crippen LogP contribution in [0.1, 0.15) is 12.5 Å². The molecule has 0 aliphatic carbocycles. The second kappa shape index (κ2) is 11.8. The first-order valence-electron chi connectivity index (χ1n) is 9.55. The first-order chi connectivity index (χ1) is 14.4. The van der Waals surface area contributed by atoms with E-state index >= 15 is 0 Å². The average Bonchev–Trinajstić information content (AvgIpc) is 2.72. The van der Waals surface area contributed by atoms with Gasteiger partial charge in [0, 0.05) is 22.9 Å². The number of benzene rings is 2. The van der Waals surface area contributed by atoms with E-state index in [0.29, 0.717) is 47.5 Å². The van der Waals surface area contributed by atoms with Gasteiger partial charge >= 0.3 is 12.1 Å². The summed E-state index contributed by atoms with van der Waals surface area (Å²) in [6.07, 6.45) is -0.604. The Balaban J connectivity index is 1.62. The van der Waals surface area contributed by atoms with Crippen molar-refractivity contribution >= 4 is 22.8 Å². The van der Waals surface area contributed by atoms with E-state index in [1.165, 1.54) is 0 Å². The molecule has 2 aromatic rings. The minimum Gasteiger partial charge on any atom is -0.507 e.